The highest BCUT2D eigenvalue weighted by Gasteiger charge is 2.07. The molecule has 0 aliphatic rings. The zero-order valence-electron chi connectivity index (χ0n) is 8.49. The molecule has 0 amide bonds. The van der Waals surface area contributed by atoms with Crippen molar-refractivity contribution >= 4 is 11.6 Å². The fourth-order valence-electron chi connectivity index (χ4n) is 1.36. The van der Waals surface area contributed by atoms with Crippen LogP contribution in [0.2, 0.25) is 5.02 Å². The molecule has 1 aromatic carbocycles. The molecule has 0 saturated heterocycles. The lowest BCUT2D eigenvalue weighted by atomic mass is 10.1. The number of ether oxygens (including phenoxy) is 1. The van der Waals surface area contributed by atoms with Crippen molar-refractivity contribution in [3.05, 3.63) is 35.2 Å². The molecule has 0 bridgehead atoms. The number of rotatable bonds is 2. The maximum Gasteiger partial charge on any atom is 0.210 e. The van der Waals surface area contributed by atoms with Crippen LogP contribution in [0.3, 0.4) is 0 Å². The lowest BCUT2D eigenvalue weighted by Crippen LogP contribution is -1.85. The van der Waals surface area contributed by atoms with Gasteiger partial charge in [0.25, 0.3) is 0 Å². The molecule has 5 heteroatoms. The summed E-state index contributed by atoms with van der Waals surface area (Å²) in [5.74, 6) is 0.954. The quantitative estimate of drug-likeness (QED) is 0.867. The molecule has 0 atom stereocenters. The van der Waals surface area contributed by atoms with Gasteiger partial charge in [0.2, 0.25) is 5.82 Å². The van der Waals surface area contributed by atoms with Gasteiger partial charge in [0.1, 0.15) is 11.8 Å². The number of nitrogens with one attached hydrogen (secondary N) is 1. The van der Waals surface area contributed by atoms with Crippen molar-refractivity contribution in [3.63, 3.8) is 0 Å². The number of imidazole rings is 1. The first-order valence-electron chi connectivity index (χ1n) is 4.53. The van der Waals surface area contributed by atoms with Crippen LogP contribution in [0.5, 0.6) is 5.75 Å². The highest BCUT2D eigenvalue weighted by atomic mass is 35.5. The number of benzene rings is 1. The molecule has 0 radical (unpaired) electrons. The maximum absolute atomic E-state index is 8.65. The molecule has 0 fully saturated rings. The lowest BCUT2D eigenvalue weighted by molar-refractivity contribution is 0.415. The van der Waals surface area contributed by atoms with Gasteiger partial charge in [-0.05, 0) is 18.2 Å². The van der Waals surface area contributed by atoms with E-state index >= 15 is 0 Å². The lowest BCUT2D eigenvalue weighted by Gasteiger charge is -2.04. The Morgan fingerprint density at radius 1 is 1.50 bits per heavy atom. The number of methoxy groups -OCH3 is 1. The molecule has 0 aliphatic heterocycles. The van der Waals surface area contributed by atoms with Crippen molar-refractivity contribution < 1.29 is 4.74 Å². The van der Waals surface area contributed by atoms with Crippen molar-refractivity contribution in [2.75, 3.05) is 7.11 Å². The van der Waals surface area contributed by atoms with Crippen LogP contribution in [-0.2, 0) is 0 Å². The summed E-state index contributed by atoms with van der Waals surface area (Å²) in [4.78, 5) is 6.75. The number of nitrogens with zero attached hydrogens (tertiary/aromatic N) is 2. The number of aromatic amines is 1. The van der Waals surface area contributed by atoms with Crippen LogP contribution in [-0.4, -0.2) is 17.1 Å². The predicted octanol–water partition coefficient (Wildman–Crippen LogP) is 2.61. The molecule has 1 aromatic heterocycles. The average molecular weight is 234 g/mol. The van der Waals surface area contributed by atoms with Crippen LogP contribution in [0.4, 0.5) is 0 Å². The number of nitriles is 1. The highest BCUT2D eigenvalue weighted by Crippen LogP contribution is 2.29. The first kappa shape index (κ1) is 10.5. The molecule has 80 valence electrons. The number of hydrogen-bond donors (Lipinski definition) is 1. The van der Waals surface area contributed by atoms with Crippen molar-refractivity contribution in [1.82, 2.24) is 9.97 Å². The fourth-order valence-corrected chi connectivity index (χ4v) is 1.63. The van der Waals surface area contributed by atoms with Crippen molar-refractivity contribution in [3.8, 4) is 23.1 Å². The Hall–Kier alpha value is -1.99. The fraction of sp³-hybridized carbons (Fsp3) is 0.0909. The Labute approximate surface area is 97.5 Å². The Bertz CT molecular complexity index is 557. The van der Waals surface area contributed by atoms with Gasteiger partial charge in [0, 0.05) is 5.56 Å². The Kier molecular flexibility index (Phi) is 2.80. The van der Waals surface area contributed by atoms with Crippen LogP contribution in [0.25, 0.3) is 11.3 Å². The first-order chi connectivity index (χ1) is 7.74. The van der Waals surface area contributed by atoms with E-state index in [0.717, 1.165) is 5.56 Å². The zero-order chi connectivity index (χ0) is 11.5. The zero-order valence-corrected chi connectivity index (χ0v) is 9.25. The monoisotopic (exact) mass is 233 g/mol. The summed E-state index contributed by atoms with van der Waals surface area (Å²) < 4.78 is 5.05. The number of H-pyrrole nitrogens is 1. The minimum atomic E-state index is 0.266. The third-order valence-corrected chi connectivity index (χ3v) is 2.46. The highest BCUT2D eigenvalue weighted by molar-refractivity contribution is 6.33. The van der Waals surface area contributed by atoms with E-state index in [-0.39, 0.29) is 5.82 Å². The minimum Gasteiger partial charge on any atom is -0.497 e. The van der Waals surface area contributed by atoms with Crippen LogP contribution < -0.4 is 4.74 Å². The van der Waals surface area contributed by atoms with E-state index in [2.05, 4.69) is 9.97 Å². The van der Waals surface area contributed by atoms with E-state index in [0.29, 0.717) is 16.5 Å². The van der Waals surface area contributed by atoms with Gasteiger partial charge in [-0.1, -0.05) is 11.6 Å². The molecule has 2 aromatic rings. The summed E-state index contributed by atoms with van der Waals surface area (Å²) in [6.45, 7) is 0. The average Bonchev–Trinajstić information content (AvgIpc) is 2.77. The summed E-state index contributed by atoms with van der Waals surface area (Å²) in [6, 6.07) is 7.25. The topological polar surface area (TPSA) is 61.7 Å². The van der Waals surface area contributed by atoms with Gasteiger partial charge in [-0.15, -0.1) is 0 Å². The van der Waals surface area contributed by atoms with Gasteiger partial charge in [-0.25, -0.2) is 4.98 Å². The van der Waals surface area contributed by atoms with Crippen molar-refractivity contribution in [2.24, 2.45) is 0 Å². The Morgan fingerprint density at radius 3 is 2.88 bits per heavy atom. The van der Waals surface area contributed by atoms with Gasteiger partial charge in [0.15, 0.2) is 0 Å². The van der Waals surface area contributed by atoms with Crippen LogP contribution in [0, 0.1) is 11.3 Å². The van der Waals surface area contributed by atoms with E-state index in [9.17, 15) is 0 Å². The molecule has 0 saturated carbocycles. The van der Waals surface area contributed by atoms with Crippen LogP contribution >= 0.6 is 11.6 Å². The standard InChI is InChI=1S/C11H8ClN3O/c1-16-7-2-3-8(9(12)4-7)10-6-14-11(5-13)15-10/h2-4,6H,1H3,(H,14,15). The molecular formula is C11H8ClN3O. The summed E-state index contributed by atoms with van der Waals surface area (Å²) in [7, 11) is 1.58. The van der Waals surface area contributed by atoms with Gasteiger partial charge < -0.3 is 9.72 Å². The van der Waals surface area contributed by atoms with E-state index in [4.69, 9.17) is 21.6 Å². The largest absolute Gasteiger partial charge is 0.497 e. The van der Waals surface area contributed by atoms with Crippen LogP contribution in [0.15, 0.2) is 24.4 Å². The number of halogens is 1. The van der Waals surface area contributed by atoms with Gasteiger partial charge in [0.05, 0.1) is 24.0 Å². The predicted molar refractivity (Wildman–Crippen MR) is 60.3 cm³/mol. The smallest absolute Gasteiger partial charge is 0.210 e. The molecule has 4 nitrogen and oxygen atoms in total. The third kappa shape index (κ3) is 1.86. The molecule has 1 N–H and O–H groups in total. The second-order valence-electron chi connectivity index (χ2n) is 3.10. The second kappa shape index (κ2) is 4.25. The molecule has 0 unspecified atom stereocenters. The summed E-state index contributed by atoms with van der Waals surface area (Å²) in [5.41, 5.74) is 1.50. The van der Waals surface area contributed by atoms with Crippen molar-refractivity contribution in [2.45, 2.75) is 0 Å². The Balaban J connectivity index is 2.45. The normalized spacial score (nSPS) is 9.81. The molecular weight excluding hydrogens is 226 g/mol. The Morgan fingerprint density at radius 2 is 2.31 bits per heavy atom. The third-order valence-electron chi connectivity index (χ3n) is 2.15. The summed E-state index contributed by atoms with van der Waals surface area (Å²) in [5, 5.41) is 9.20. The van der Waals surface area contributed by atoms with Crippen LogP contribution in [0.1, 0.15) is 5.82 Å². The SMILES string of the molecule is COc1ccc(-c2cnc(C#N)[nH]2)c(Cl)c1. The van der Waals surface area contributed by atoms with E-state index in [1.807, 2.05) is 12.1 Å². The summed E-state index contributed by atoms with van der Waals surface area (Å²) in [6.07, 6.45) is 1.58. The van der Waals surface area contributed by atoms with Gasteiger partial charge >= 0.3 is 0 Å². The molecule has 0 spiro atoms. The molecule has 2 rings (SSSR count). The molecule has 16 heavy (non-hydrogen) atoms. The van der Waals surface area contributed by atoms with E-state index in [1.54, 1.807) is 25.4 Å². The molecule has 1 heterocycles. The minimum absolute atomic E-state index is 0.266. The van der Waals surface area contributed by atoms with E-state index in [1.165, 1.54) is 0 Å². The van der Waals surface area contributed by atoms with Gasteiger partial charge in [-0.3, -0.25) is 0 Å². The van der Waals surface area contributed by atoms with Crippen molar-refractivity contribution in [1.29, 1.82) is 5.26 Å². The second-order valence-corrected chi connectivity index (χ2v) is 3.51. The molecule has 0 aliphatic carbocycles. The maximum atomic E-state index is 8.65. The first-order valence-corrected chi connectivity index (χ1v) is 4.91. The van der Waals surface area contributed by atoms with Gasteiger partial charge in [-0.2, -0.15) is 5.26 Å². The summed E-state index contributed by atoms with van der Waals surface area (Å²) >= 11 is 6.08. The van der Waals surface area contributed by atoms with E-state index < -0.39 is 0 Å². The number of aromatic nitrogens is 2. The number of hydrogen-bond acceptors (Lipinski definition) is 3.